The van der Waals surface area contributed by atoms with Crippen LogP contribution in [0.2, 0.25) is 0 Å². The van der Waals surface area contributed by atoms with Gasteiger partial charge in [-0.25, -0.2) is 9.78 Å². The number of nitrogens with one attached hydrogen (secondary N) is 1. The summed E-state index contributed by atoms with van der Waals surface area (Å²) in [7, 11) is 0. The van der Waals surface area contributed by atoms with Gasteiger partial charge >= 0.3 is 6.03 Å². The van der Waals surface area contributed by atoms with Crippen molar-refractivity contribution in [1.82, 2.24) is 24.7 Å². The lowest BCUT2D eigenvalue weighted by Gasteiger charge is -2.33. The second-order valence-corrected chi connectivity index (χ2v) is 7.06. The number of rotatable bonds is 5. The molecular weight excluding hydrogens is 330 g/mol. The van der Waals surface area contributed by atoms with Gasteiger partial charge in [0, 0.05) is 45.3 Å². The molecule has 2 aliphatic heterocycles. The number of ether oxygens (including phenoxy) is 1. The molecule has 1 aromatic carbocycles. The van der Waals surface area contributed by atoms with Crippen LogP contribution in [0.1, 0.15) is 12.8 Å². The Labute approximate surface area is 153 Å². The Bertz CT molecular complexity index is 740. The van der Waals surface area contributed by atoms with Gasteiger partial charge in [-0.1, -0.05) is 12.1 Å². The largest absolute Gasteiger partial charge is 0.379 e. The summed E-state index contributed by atoms with van der Waals surface area (Å²) in [6.07, 6.45) is 4.03. The number of para-hydroxylation sites is 2. The highest BCUT2D eigenvalue weighted by Crippen LogP contribution is 2.19. The number of likely N-dealkylation sites (tertiary alicyclic amines) is 1. The molecule has 0 spiro atoms. The first-order valence-corrected chi connectivity index (χ1v) is 9.56. The Morgan fingerprint density at radius 2 is 2.08 bits per heavy atom. The topological polar surface area (TPSA) is 62.6 Å². The number of amides is 2. The van der Waals surface area contributed by atoms with E-state index in [1.54, 1.807) is 0 Å². The Balaban J connectivity index is 1.28. The van der Waals surface area contributed by atoms with Crippen molar-refractivity contribution in [3.63, 3.8) is 0 Å². The number of morpholine rings is 1. The van der Waals surface area contributed by atoms with E-state index in [4.69, 9.17) is 4.74 Å². The van der Waals surface area contributed by atoms with E-state index in [9.17, 15) is 4.79 Å². The number of hydrogen-bond donors (Lipinski definition) is 1. The van der Waals surface area contributed by atoms with Gasteiger partial charge in [0.1, 0.15) is 0 Å². The lowest BCUT2D eigenvalue weighted by molar-refractivity contribution is 0.0292. The SMILES string of the molecule is O=C(NCCn1cnc2ccccc21)N1CCC[C@H]1CN1CCOCC1. The summed E-state index contributed by atoms with van der Waals surface area (Å²) < 4.78 is 7.50. The first-order chi connectivity index (χ1) is 12.8. The van der Waals surface area contributed by atoms with Gasteiger partial charge in [0.2, 0.25) is 0 Å². The van der Waals surface area contributed by atoms with Crippen molar-refractivity contribution in [3.05, 3.63) is 30.6 Å². The third kappa shape index (κ3) is 3.83. The zero-order valence-electron chi connectivity index (χ0n) is 15.1. The molecule has 140 valence electrons. The Kier molecular flexibility index (Phi) is 5.36. The molecule has 26 heavy (non-hydrogen) atoms. The summed E-state index contributed by atoms with van der Waals surface area (Å²) in [5.74, 6) is 0. The molecule has 1 atom stereocenters. The maximum absolute atomic E-state index is 12.6. The van der Waals surface area contributed by atoms with Gasteiger partial charge in [0.15, 0.2) is 0 Å². The summed E-state index contributed by atoms with van der Waals surface area (Å²) in [6, 6.07) is 8.45. The standard InChI is InChI=1S/C19H27N5O2/c25-19(20-7-9-23-15-21-17-5-1-2-6-18(17)23)24-8-3-4-16(24)14-22-10-12-26-13-11-22/h1-2,5-6,15-16H,3-4,7-14H2,(H,20,25)/t16-/m0/s1. The summed E-state index contributed by atoms with van der Waals surface area (Å²) in [4.78, 5) is 21.5. The molecule has 2 fully saturated rings. The number of urea groups is 1. The number of carbonyl (C=O) groups excluding carboxylic acids is 1. The zero-order chi connectivity index (χ0) is 17.8. The minimum absolute atomic E-state index is 0.0604. The lowest BCUT2D eigenvalue weighted by Crippen LogP contribution is -2.49. The van der Waals surface area contributed by atoms with E-state index in [0.717, 1.165) is 69.8 Å². The van der Waals surface area contributed by atoms with Crippen LogP contribution in [0, 0.1) is 0 Å². The minimum Gasteiger partial charge on any atom is -0.379 e. The van der Waals surface area contributed by atoms with E-state index in [1.165, 1.54) is 0 Å². The average Bonchev–Trinajstić information content (AvgIpc) is 3.30. The molecule has 7 nitrogen and oxygen atoms in total. The Morgan fingerprint density at radius 3 is 2.96 bits per heavy atom. The van der Waals surface area contributed by atoms with Gasteiger partial charge in [-0.15, -0.1) is 0 Å². The first-order valence-electron chi connectivity index (χ1n) is 9.56. The molecule has 1 N–H and O–H groups in total. The number of imidazole rings is 1. The monoisotopic (exact) mass is 357 g/mol. The Hall–Kier alpha value is -2.12. The van der Waals surface area contributed by atoms with Gasteiger partial charge < -0.3 is 19.5 Å². The van der Waals surface area contributed by atoms with Crippen LogP contribution in [0.5, 0.6) is 0 Å². The fraction of sp³-hybridized carbons (Fsp3) is 0.579. The molecule has 2 amide bonds. The fourth-order valence-electron chi connectivity index (χ4n) is 3.95. The molecule has 3 heterocycles. The highest BCUT2D eigenvalue weighted by Gasteiger charge is 2.30. The summed E-state index contributed by atoms with van der Waals surface area (Å²) in [5, 5.41) is 3.09. The highest BCUT2D eigenvalue weighted by atomic mass is 16.5. The second-order valence-electron chi connectivity index (χ2n) is 7.06. The number of hydrogen-bond acceptors (Lipinski definition) is 4. The van der Waals surface area contributed by atoms with E-state index in [1.807, 2.05) is 29.4 Å². The van der Waals surface area contributed by atoms with Gasteiger partial charge in [-0.05, 0) is 25.0 Å². The van der Waals surface area contributed by atoms with E-state index in [-0.39, 0.29) is 6.03 Å². The third-order valence-corrected chi connectivity index (χ3v) is 5.37. The molecule has 7 heteroatoms. The Morgan fingerprint density at radius 1 is 1.23 bits per heavy atom. The number of nitrogens with zero attached hydrogens (tertiary/aromatic N) is 4. The summed E-state index contributed by atoms with van der Waals surface area (Å²) in [5.41, 5.74) is 2.09. The normalized spacial score (nSPS) is 21.4. The molecule has 0 unspecified atom stereocenters. The first kappa shape index (κ1) is 17.3. The quantitative estimate of drug-likeness (QED) is 0.882. The molecule has 0 bridgehead atoms. The van der Waals surface area contributed by atoms with E-state index >= 15 is 0 Å². The van der Waals surface area contributed by atoms with Gasteiger partial charge in [-0.2, -0.15) is 0 Å². The van der Waals surface area contributed by atoms with Crippen LogP contribution < -0.4 is 5.32 Å². The third-order valence-electron chi connectivity index (χ3n) is 5.37. The van der Waals surface area contributed by atoms with Gasteiger partial charge in [0.05, 0.1) is 30.6 Å². The smallest absolute Gasteiger partial charge is 0.317 e. The molecule has 4 rings (SSSR count). The number of fused-ring (bicyclic) bond motifs is 1. The second kappa shape index (κ2) is 8.05. The number of benzene rings is 1. The fourth-order valence-corrected chi connectivity index (χ4v) is 3.95. The summed E-state index contributed by atoms with van der Waals surface area (Å²) in [6.45, 7) is 6.71. The van der Waals surface area contributed by atoms with E-state index in [0.29, 0.717) is 12.6 Å². The van der Waals surface area contributed by atoms with Crippen LogP contribution in [0.4, 0.5) is 4.79 Å². The highest BCUT2D eigenvalue weighted by molar-refractivity contribution is 5.75. The molecule has 0 saturated carbocycles. The van der Waals surface area contributed by atoms with Crippen molar-refractivity contribution in [2.75, 3.05) is 45.9 Å². The maximum atomic E-state index is 12.6. The lowest BCUT2D eigenvalue weighted by atomic mass is 10.2. The van der Waals surface area contributed by atoms with Crippen LogP contribution in [-0.2, 0) is 11.3 Å². The predicted octanol–water partition coefficient (Wildman–Crippen LogP) is 1.54. The zero-order valence-corrected chi connectivity index (χ0v) is 15.1. The van der Waals surface area contributed by atoms with Crippen molar-refractivity contribution in [2.24, 2.45) is 0 Å². The number of carbonyl (C=O) groups is 1. The predicted molar refractivity (Wildman–Crippen MR) is 100 cm³/mol. The van der Waals surface area contributed by atoms with Crippen LogP contribution in [0.3, 0.4) is 0 Å². The van der Waals surface area contributed by atoms with Crippen LogP contribution >= 0.6 is 0 Å². The summed E-state index contributed by atoms with van der Waals surface area (Å²) >= 11 is 0. The van der Waals surface area contributed by atoms with Gasteiger partial charge in [0.25, 0.3) is 0 Å². The van der Waals surface area contributed by atoms with Crippen LogP contribution in [0.25, 0.3) is 11.0 Å². The molecule has 1 aromatic heterocycles. The van der Waals surface area contributed by atoms with Crippen molar-refractivity contribution in [3.8, 4) is 0 Å². The van der Waals surface area contributed by atoms with Gasteiger partial charge in [-0.3, -0.25) is 4.90 Å². The van der Waals surface area contributed by atoms with Crippen LogP contribution in [0.15, 0.2) is 30.6 Å². The molecular formula is C19H27N5O2. The average molecular weight is 357 g/mol. The van der Waals surface area contributed by atoms with E-state index in [2.05, 4.69) is 25.8 Å². The van der Waals surface area contributed by atoms with Crippen molar-refractivity contribution >= 4 is 17.1 Å². The minimum atomic E-state index is 0.0604. The molecule has 2 saturated heterocycles. The van der Waals surface area contributed by atoms with Crippen molar-refractivity contribution < 1.29 is 9.53 Å². The molecule has 0 aliphatic carbocycles. The van der Waals surface area contributed by atoms with Crippen molar-refractivity contribution in [1.29, 1.82) is 0 Å². The van der Waals surface area contributed by atoms with Crippen molar-refractivity contribution in [2.45, 2.75) is 25.4 Å². The maximum Gasteiger partial charge on any atom is 0.317 e. The molecule has 2 aromatic rings. The number of aromatic nitrogens is 2. The van der Waals surface area contributed by atoms with Crippen LogP contribution in [-0.4, -0.2) is 77.4 Å². The molecule has 0 radical (unpaired) electrons. The molecule has 2 aliphatic rings. The van der Waals surface area contributed by atoms with E-state index < -0.39 is 0 Å².